The number of methoxy groups -OCH3 is 2. The lowest BCUT2D eigenvalue weighted by molar-refractivity contribution is -0.142. The Labute approximate surface area is 169 Å². The zero-order chi connectivity index (χ0) is 20.4. The highest BCUT2D eigenvalue weighted by Gasteiger charge is 2.38. The van der Waals surface area contributed by atoms with Crippen LogP contribution in [0.25, 0.3) is 10.9 Å². The number of carboxylic acids is 1. The van der Waals surface area contributed by atoms with Crippen LogP contribution in [0.4, 0.5) is 0 Å². The van der Waals surface area contributed by atoms with Gasteiger partial charge in [-0.15, -0.1) is 0 Å². The number of aliphatic carboxylic acids is 1. The van der Waals surface area contributed by atoms with Crippen molar-refractivity contribution in [2.75, 3.05) is 20.8 Å². The lowest BCUT2D eigenvalue weighted by atomic mass is 9.98. The molecule has 1 saturated heterocycles. The van der Waals surface area contributed by atoms with Gasteiger partial charge in [0.05, 0.1) is 31.5 Å². The molecule has 0 radical (unpaired) electrons. The normalized spacial score (nSPS) is 17.9. The van der Waals surface area contributed by atoms with Crippen molar-refractivity contribution in [3.05, 3.63) is 65.9 Å². The van der Waals surface area contributed by atoms with E-state index in [9.17, 15) is 9.90 Å². The minimum absolute atomic E-state index is 0.353. The van der Waals surface area contributed by atoms with Crippen LogP contribution in [-0.4, -0.2) is 47.8 Å². The van der Waals surface area contributed by atoms with Crippen LogP contribution >= 0.6 is 0 Å². The van der Waals surface area contributed by atoms with E-state index < -0.39 is 12.0 Å². The first-order chi connectivity index (χ1) is 14.1. The second kappa shape index (κ2) is 8.09. The van der Waals surface area contributed by atoms with Crippen LogP contribution in [0, 0.1) is 0 Å². The Morgan fingerprint density at radius 2 is 1.97 bits per heavy atom. The summed E-state index contributed by atoms with van der Waals surface area (Å²) >= 11 is 0. The largest absolute Gasteiger partial charge is 0.497 e. The van der Waals surface area contributed by atoms with Gasteiger partial charge in [0.1, 0.15) is 17.5 Å². The molecule has 2 unspecified atom stereocenters. The molecular weight excluding hydrogens is 368 g/mol. The molecule has 0 amide bonds. The third-order valence-electron chi connectivity index (χ3n) is 5.54. The highest BCUT2D eigenvalue weighted by molar-refractivity contribution is 5.78. The fraction of sp³-hybridized carbons (Fsp3) is 0.304. The maximum absolute atomic E-state index is 12.0. The van der Waals surface area contributed by atoms with Crippen molar-refractivity contribution in [1.82, 2.24) is 9.88 Å². The van der Waals surface area contributed by atoms with Gasteiger partial charge in [-0.1, -0.05) is 24.3 Å². The summed E-state index contributed by atoms with van der Waals surface area (Å²) < 4.78 is 11.1. The maximum Gasteiger partial charge on any atom is 0.320 e. The van der Waals surface area contributed by atoms with Crippen LogP contribution in [-0.2, 0) is 4.79 Å². The van der Waals surface area contributed by atoms with Gasteiger partial charge < -0.3 is 14.6 Å². The summed E-state index contributed by atoms with van der Waals surface area (Å²) in [5, 5.41) is 10.9. The lowest BCUT2D eigenvalue weighted by Gasteiger charge is -2.32. The molecular formula is C23H24N2O4. The monoisotopic (exact) mass is 392 g/mol. The van der Waals surface area contributed by atoms with E-state index >= 15 is 0 Å². The standard InChI is InChI=1S/C23H24N2O4/c1-28-16-10-12-21(29-2)17(14-16)22(25-13-5-8-20(25)23(26)27)19-11-9-15-6-3-4-7-18(15)24-19/h3-4,6-7,9-12,14,20,22H,5,8,13H2,1-2H3,(H,26,27). The van der Waals surface area contributed by atoms with Gasteiger partial charge >= 0.3 is 5.97 Å². The minimum Gasteiger partial charge on any atom is -0.497 e. The molecule has 6 heteroatoms. The summed E-state index contributed by atoms with van der Waals surface area (Å²) in [6.45, 7) is 0.677. The molecule has 1 fully saturated rings. The average molecular weight is 392 g/mol. The molecule has 4 rings (SSSR count). The molecule has 0 spiro atoms. The average Bonchev–Trinajstić information content (AvgIpc) is 3.23. The molecule has 2 heterocycles. The van der Waals surface area contributed by atoms with Crippen LogP contribution in [0.15, 0.2) is 54.6 Å². The fourth-order valence-corrected chi connectivity index (χ4v) is 4.16. The number of benzene rings is 2. The number of aromatic nitrogens is 1. The smallest absolute Gasteiger partial charge is 0.320 e. The molecule has 1 aliphatic heterocycles. The zero-order valence-electron chi connectivity index (χ0n) is 16.5. The molecule has 29 heavy (non-hydrogen) atoms. The van der Waals surface area contributed by atoms with E-state index in [0.717, 1.165) is 28.6 Å². The number of carboxylic acid groups (broad SMARTS) is 1. The van der Waals surface area contributed by atoms with E-state index in [4.69, 9.17) is 14.5 Å². The van der Waals surface area contributed by atoms with Gasteiger partial charge in [0.2, 0.25) is 0 Å². The number of pyridine rings is 1. The number of rotatable bonds is 6. The molecule has 0 bridgehead atoms. The van der Waals surface area contributed by atoms with E-state index in [1.165, 1.54) is 0 Å². The summed E-state index contributed by atoms with van der Waals surface area (Å²) in [4.78, 5) is 18.9. The van der Waals surface area contributed by atoms with Gasteiger partial charge in [-0.2, -0.15) is 0 Å². The van der Waals surface area contributed by atoms with Crippen LogP contribution in [0.1, 0.15) is 30.1 Å². The first-order valence-corrected chi connectivity index (χ1v) is 9.68. The Kier molecular flexibility index (Phi) is 5.36. The van der Waals surface area contributed by atoms with Gasteiger partial charge in [0.15, 0.2) is 0 Å². The van der Waals surface area contributed by atoms with E-state index in [-0.39, 0.29) is 6.04 Å². The van der Waals surface area contributed by atoms with Crippen molar-refractivity contribution in [3.63, 3.8) is 0 Å². The Bertz CT molecular complexity index is 1040. The summed E-state index contributed by atoms with van der Waals surface area (Å²) in [5.41, 5.74) is 2.52. The molecule has 1 aromatic heterocycles. The molecule has 1 N–H and O–H groups in total. The van der Waals surface area contributed by atoms with Crippen molar-refractivity contribution in [2.24, 2.45) is 0 Å². The number of para-hydroxylation sites is 1. The zero-order valence-corrected chi connectivity index (χ0v) is 16.5. The van der Waals surface area contributed by atoms with Gasteiger partial charge in [-0.25, -0.2) is 0 Å². The molecule has 6 nitrogen and oxygen atoms in total. The Morgan fingerprint density at radius 1 is 1.14 bits per heavy atom. The van der Waals surface area contributed by atoms with E-state index in [2.05, 4.69) is 0 Å². The van der Waals surface area contributed by atoms with E-state index in [1.54, 1.807) is 14.2 Å². The van der Waals surface area contributed by atoms with Gasteiger partial charge in [-0.05, 0) is 43.2 Å². The Hall–Kier alpha value is -3.12. The first-order valence-electron chi connectivity index (χ1n) is 9.68. The molecule has 2 aromatic carbocycles. The van der Waals surface area contributed by atoms with Gasteiger partial charge in [0.25, 0.3) is 0 Å². The number of nitrogens with zero attached hydrogens (tertiary/aromatic N) is 2. The molecule has 150 valence electrons. The number of ether oxygens (including phenoxy) is 2. The predicted molar refractivity (Wildman–Crippen MR) is 110 cm³/mol. The molecule has 0 saturated carbocycles. The van der Waals surface area contributed by atoms with E-state index in [0.29, 0.717) is 24.5 Å². The van der Waals surface area contributed by atoms with Crippen LogP contribution in [0.5, 0.6) is 11.5 Å². The van der Waals surface area contributed by atoms with Crippen molar-refractivity contribution in [3.8, 4) is 11.5 Å². The summed E-state index contributed by atoms with van der Waals surface area (Å²) in [5.74, 6) is 0.564. The van der Waals surface area contributed by atoms with Crippen LogP contribution < -0.4 is 9.47 Å². The predicted octanol–water partition coefficient (Wildman–Crippen LogP) is 3.89. The number of fused-ring (bicyclic) bond motifs is 1. The molecule has 1 aliphatic rings. The van der Waals surface area contributed by atoms with Gasteiger partial charge in [-0.3, -0.25) is 14.7 Å². The SMILES string of the molecule is COc1ccc(OC)c(C(c2ccc3ccccc3n2)N2CCCC2C(=O)O)c1. The second-order valence-corrected chi connectivity index (χ2v) is 7.17. The van der Waals surface area contributed by atoms with E-state index in [1.807, 2.05) is 59.5 Å². The summed E-state index contributed by atoms with van der Waals surface area (Å²) in [6, 6.07) is 16.6. The Morgan fingerprint density at radius 3 is 2.72 bits per heavy atom. The Balaban J connectivity index is 1.91. The van der Waals surface area contributed by atoms with Crippen LogP contribution in [0.3, 0.4) is 0 Å². The minimum atomic E-state index is -0.810. The lowest BCUT2D eigenvalue weighted by Crippen LogP contribution is -2.39. The van der Waals surface area contributed by atoms with Crippen molar-refractivity contribution >= 4 is 16.9 Å². The highest BCUT2D eigenvalue weighted by atomic mass is 16.5. The maximum atomic E-state index is 12.0. The third-order valence-corrected chi connectivity index (χ3v) is 5.54. The molecule has 0 aliphatic carbocycles. The van der Waals surface area contributed by atoms with Crippen molar-refractivity contribution < 1.29 is 19.4 Å². The van der Waals surface area contributed by atoms with Crippen LogP contribution in [0.2, 0.25) is 0 Å². The summed E-state index contributed by atoms with van der Waals surface area (Å²) in [6.07, 6.45) is 1.44. The first kappa shape index (κ1) is 19.2. The number of likely N-dealkylation sites (tertiary alicyclic amines) is 1. The van der Waals surface area contributed by atoms with Gasteiger partial charge in [0, 0.05) is 17.5 Å². The topological polar surface area (TPSA) is 71.9 Å². The molecule has 2 atom stereocenters. The third kappa shape index (κ3) is 3.63. The fourth-order valence-electron chi connectivity index (χ4n) is 4.16. The quantitative estimate of drug-likeness (QED) is 0.686. The van der Waals surface area contributed by atoms with Crippen molar-refractivity contribution in [1.29, 1.82) is 0 Å². The van der Waals surface area contributed by atoms with Crippen molar-refractivity contribution in [2.45, 2.75) is 24.9 Å². The number of hydrogen-bond donors (Lipinski definition) is 1. The second-order valence-electron chi connectivity index (χ2n) is 7.17. The molecule has 3 aromatic rings. The number of carbonyl (C=O) groups is 1. The number of hydrogen-bond acceptors (Lipinski definition) is 5. The summed E-state index contributed by atoms with van der Waals surface area (Å²) in [7, 11) is 3.24. The highest BCUT2D eigenvalue weighted by Crippen LogP contribution is 2.40.